The molecule has 0 saturated heterocycles. The minimum atomic E-state index is -2.92. The van der Waals surface area contributed by atoms with Crippen molar-refractivity contribution in [2.75, 3.05) is 0 Å². The molecule has 0 radical (unpaired) electrons. The maximum absolute atomic E-state index is 15.0. The summed E-state index contributed by atoms with van der Waals surface area (Å²) in [4.78, 5) is 0. The summed E-state index contributed by atoms with van der Waals surface area (Å²) >= 11 is 0. The Balaban J connectivity index is 1.66. The average Bonchev–Trinajstić information content (AvgIpc) is 2.85. The second-order valence-corrected chi connectivity index (χ2v) is 8.62. The van der Waals surface area contributed by atoms with Crippen LogP contribution in [0.25, 0.3) is 33.4 Å². The predicted octanol–water partition coefficient (Wildman–Crippen LogP) is 9.63. The monoisotopic (exact) mass is 548 g/mol. The summed E-state index contributed by atoms with van der Waals surface area (Å²) in [6.45, 7) is 1.96. The van der Waals surface area contributed by atoms with Crippen molar-refractivity contribution in [3.05, 3.63) is 113 Å². The van der Waals surface area contributed by atoms with E-state index >= 15 is 4.39 Å². The molecule has 202 valence electrons. The molecule has 9 heteroatoms. The molecule has 39 heavy (non-hydrogen) atoms. The van der Waals surface area contributed by atoms with Gasteiger partial charge in [-0.3, -0.25) is 0 Å². The lowest BCUT2D eigenvalue weighted by Crippen LogP contribution is -1.98. The van der Waals surface area contributed by atoms with Crippen LogP contribution in [0.5, 0.6) is 5.75 Å². The molecular weight excluding hydrogens is 528 g/mol. The number of alkyl halides is 2. The van der Waals surface area contributed by atoms with Crippen LogP contribution in [-0.4, -0.2) is 6.43 Å². The maximum atomic E-state index is 15.0. The molecular formula is C30H20F8O. The van der Waals surface area contributed by atoms with E-state index in [1.165, 1.54) is 24.3 Å². The Hall–Kier alpha value is -4.14. The van der Waals surface area contributed by atoms with Crippen molar-refractivity contribution in [1.82, 2.24) is 0 Å². The number of benzene rings is 4. The van der Waals surface area contributed by atoms with Crippen LogP contribution in [0.3, 0.4) is 0 Å². The summed E-state index contributed by atoms with van der Waals surface area (Å²) in [6, 6.07) is 11.1. The van der Waals surface area contributed by atoms with E-state index < -0.39 is 58.2 Å². The molecule has 0 spiro atoms. The summed E-state index contributed by atoms with van der Waals surface area (Å²) in [5.74, 6) is -7.69. The van der Waals surface area contributed by atoms with Gasteiger partial charge in [0, 0.05) is 17.2 Å². The predicted molar refractivity (Wildman–Crippen MR) is 132 cm³/mol. The van der Waals surface area contributed by atoms with Crippen LogP contribution < -0.4 is 4.74 Å². The standard InChI is InChI=1S/C30H20F8O/c1-2-3-16-4-6-20(22(31)10-16)17-5-7-21(23(32)11-17)18-12-24(33)29(25(34)13-18)19-14-26(35)30(27(36)15-19)39-9-8-28(37)38/h4-15,28H,2-3H2,1H3/b9-8+. The SMILES string of the molecule is CCCc1ccc(-c2ccc(-c3cc(F)c(-c4cc(F)c(O/C=C/C(F)F)c(F)c4)c(F)c3)c(F)c2)c(F)c1. The van der Waals surface area contributed by atoms with Gasteiger partial charge in [0.2, 0.25) is 0 Å². The van der Waals surface area contributed by atoms with Crippen molar-refractivity contribution in [3.63, 3.8) is 0 Å². The number of hydrogen-bond acceptors (Lipinski definition) is 1. The Morgan fingerprint density at radius 1 is 0.641 bits per heavy atom. The fourth-order valence-electron chi connectivity index (χ4n) is 4.14. The Bertz CT molecular complexity index is 1500. The van der Waals surface area contributed by atoms with E-state index in [4.69, 9.17) is 0 Å². The molecule has 4 rings (SSSR count). The van der Waals surface area contributed by atoms with Gasteiger partial charge in [-0.2, -0.15) is 0 Å². The first-order valence-corrected chi connectivity index (χ1v) is 11.8. The number of rotatable bonds is 8. The van der Waals surface area contributed by atoms with Crippen molar-refractivity contribution in [2.45, 2.75) is 26.2 Å². The molecule has 0 amide bonds. The van der Waals surface area contributed by atoms with Crippen molar-refractivity contribution in [3.8, 4) is 39.1 Å². The van der Waals surface area contributed by atoms with Crippen molar-refractivity contribution >= 4 is 0 Å². The fraction of sp³-hybridized carbons (Fsp3) is 0.133. The molecule has 0 fully saturated rings. The highest BCUT2D eigenvalue weighted by atomic mass is 19.3. The van der Waals surface area contributed by atoms with Gasteiger partial charge in [0.1, 0.15) is 23.3 Å². The molecule has 0 saturated carbocycles. The number of halogens is 8. The summed E-state index contributed by atoms with van der Waals surface area (Å²) in [5, 5.41) is 0. The molecule has 4 aromatic carbocycles. The zero-order valence-electron chi connectivity index (χ0n) is 20.4. The van der Waals surface area contributed by atoms with Gasteiger partial charge in [-0.1, -0.05) is 37.6 Å². The minimum Gasteiger partial charge on any atom is -0.459 e. The van der Waals surface area contributed by atoms with Gasteiger partial charge in [0.05, 0.1) is 11.8 Å². The van der Waals surface area contributed by atoms with Crippen LogP contribution in [0.1, 0.15) is 18.9 Å². The second kappa shape index (κ2) is 11.7. The summed E-state index contributed by atoms with van der Waals surface area (Å²) in [7, 11) is 0. The first-order chi connectivity index (χ1) is 18.6. The van der Waals surface area contributed by atoms with Gasteiger partial charge in [0.25, 0.3) is 6.43 Å². The van der Waals surface area contributed by atoms with Crippen LogP contribution in [-0.2, 0) is 6.42 Å². The van der Waals surface area contributed by atoms with Crippen LogP contribution in [0.4, 0.5) is 35.1 Å². The number of ether oxygens (including phenoxy) is 1. The van der Waals surface area contributed by atoms with Crippen molar-refractivity contribution < 1.29 is 39.9 Å². The molecule has 4 aromatic rings. The van der Waals surface area contributed by atoms with Crippen LogP contribution >= 0.6 is 0 Å². The van der Waals surface area contributed by atoms with E-state index in [2.05, 4.69) is 4.74 Å². The van der Waals surface area contributed by atoms with E-state index in [-0.39, 0.29) is 28.3 Å². The largest absolute Gasteiger partial charge is 0.459 e. The summed E-state index contributed by atoms with van der Waals surface area (Å²) in [6.07, 6.45) is -0.767. The number of allylic oxidation sites excluding steroid dienone is 1. The molecule has 0 aliphatic heterocycles. The van der Waals surface area contributed by atoms with Gasteiger partial charge in [-0.25, -0.2) is 35.1 Å². The van der Waals surface area contributed by atoms with Crippen molar-refractivity contribution in [1.29, 1.82) is 0 Å². The first-order valence-electron chi connectivity index (χ1n) is 11.8. The third-order valence-corrected chi connectivity index (χ3v) is 5.90. The van der Waals surface area contributed by atoms with Gasteiger partial charge >= 0.3 is 0 Å². The van der Waals surface area contributed by atoms with Crippen LogP contribution in [0, 0.1) is 34.9 Å². The zero-order chi connectivity index (χ0) is 28.3. The summed E-state index contributed by atoms with van der Waals surface area (Å²) < 4.78 is 117. The average molecular weight is 548 g/mol. The zero-order valence-corrected chi connectivity index (χ0v) is 20.4. The normalized spacial score (nSPS) is 11.5. The highest BCUT2D eigenvalue weighted by Gasteiger charge is 2.20. The lowest BCUT2D eigenvalue weighted by Gasteiger charge is -2.12. The van der Waals surface area contributed by atoms with E-state index in [0.717, 1.165) is 30.2 Å². The Kier molecular flexibility index (Phi) is 8.38. The van der Waals surface area contributed by atoms with Gasteiger partial charge in [-0.15, -0.1) is 0 Å². The minimum absolute atomic E-state index is 0.161. The lowest BCUT2D eigenvalue weighted by atomic mass is 9.95. The molecule has 0 atom stereocenters. The van der Waals surface area contributed by atoms with E-state index in [0.29, 0.717) is 24.8 Å². The third kappa shape index (κ3) is 6.13. The number of aryl methyl sites for hydroxylation is 1. The van der Waals surface area contributed by atoms with Crippen LogP contribution in [0.2, 0.25) is 0 Å². The Morgan fingerprint density at radius 3 is 1.74 bits per heavy atom. The number of hydrogen-bond donors (Lipinski definition) is 0. The molecule has 0 heterocycles. The van der Waals surface area contributed by atoms with E-state index in [1.807, 2.05) is 6.92 Å². The topological polar surface area (TPSA) is 9.23 Å². The summed E-state index contributed by atoms with van der Waals surface area (Å²) in [5.41, 5.74) is -0.521. The first kappa shape index (κ1) is 27.9. The smallest absolute Gasteiger partial charge is 0.260 e. The molecule has 0 bridgehead atoms. The molecule has 0 aliphatic carbocycles. The maximum Gasteiger partial charge on any atom is 0.260 e. The lowest BCUT2D eigenvalue weighted by molar-refractivity contribution is 0.200. The quantitative estimate of drug-likeness (QED) is 0.157. The van der Waals surface area contributed by atoms with Crippen LogP contribution in [0.15, 0.2) is 73.0 Å². The Labute approximate surface area is 219 Å². The second-order valence-electron chi connectivity index (χ2n) is 8.62. The van der Waals surface area contributed by atoms with Gasteiger partial charge in [0.15, 0.2) is 17.4 Å². The highest BCUT2D eigenvalue weighted by Crippen LogP contribution is 2.36. The molecule has 0 N–H and O–H groups in total. The molecule has 0 unspecified atom stereocenters. The third-order valence-electron chi connectivity index (χ3n) is 5.90. The van der Waals surface area contributed by atoms with Crippen molar-refractivity contribution in [2.24, 2.45) is 0 Å². The Morgan fingerprint density at radius 2 is 1.18 bits per heavy atom. The molecule has 0 aromatic heterocycles. The van der Waals surface area contributed by atoms with Gasteiger partial charge in [-0.05, 0) is 65.1 Å². The molecule has 1 nitrogen and oxygen atoms in total. The molecule has 0 aliphatic rings. The van der Waals surface area contributed by atoms with E-state index in [1.54, 1.807) is 6.07 Å². The fourth-order valence-corrected chi connectivity index (χ4v) is 4.14. The highest BCUT2D eigenvalue weighted by molar-refractivity contribution is 5.75. The van der Waals surface area contributed by atoms with E-state index in [9.17, 15) is 30.7 Å². The van der Waals surface area contributed by atoms with Gasteiger partial charge < -0.3 is 4.74 Å².